The highest BCUT2D eigenvalue weighted by Gasteiger charge is 2.30. The molecule has 24 heavy (non-hydrogen) atoms. The molecule has 6 heteroatoms. The van der Waals surface area contributed by atoms with Crippen molar-refractivity contribution in [2.45, 2.75) is 6.92 Å². The summed E-state index contributed by atoms with van der Waals surface area (Å²) in [6, 6.07) is 12.0. The summed E-state index contributed by atoms with van der Waals surface area (Å²) in [4.78, 5) is 26.9. The molecule has 4 nitrogen and oxygen atoms in total. The van der Waals surface area contributed by atoms with Crippen LogP contribution in [0.4, 0.5) is 15.8 Å². The molecule has 120 valence electrons. The fourth-order valence-corrected chi connectivity index (χ4v) is 4.17. The standard InChI is InChI=1S/C18H13FN2O2S/c1-10-16-11(19)5-4-8-14(16)24-17(10)18(23)21-9-15(22)20-12-6-2-3-7-13(12)21/h2-8H,9H2,1H3,(H,20,22). The zero-order valence-electron chi connectivity index (χ0n) is 12.8. The molecular formula is C18H13FN2O2S. The largest absolute Gasteiger partial charge is 0.323 e. The molecule has 0 radical (unpaired) electrons. The summed E-state index contributed by atoms with van der Waals surface area (Å²) in [5.41, 5.74) is 1.87. The number of fused-ring (bicyclic) bond motifs is 2. The van der Waals surface area contributed by atoms with Gasteiger partial charge in [-0.3, -0.25) is 14.5 Å². The summed E-state index contributed by atoms with van der Waals surface area (Å²) in [6.45, 7) is 1.69. The van der Waals surface area contributed by atoms with E-state index in [1.807, 2.05) is 6.07 Å². The number of amides is 2. The van der Waals surface area contributed by atoms with Crippen molar-refractivity contribution in [2.24, 2.45) is 0 Å². The lowest BCUT2D eigenvalue weighted by Gasteiger charge is -2.28. The van der Waals surface area contributed by atoms with Gasteiger partial charge in [0, 0.05) is 10.1 Å². The summed E-state index contributed by atoms with van der Waals surface area (Å²) in [6.07, 6.45) is 0. The van der Waals surface area contributed by atoms with Crippen LogP contribution in [-0.4, -0.2) is 18.4 Å². The molecule has 4 rings (SSSR count). The van der Waals surface area contributed by atoms with E-state index < -0.39 is 0 Å². The number of halogens is 1. The number of rotatable bonds is 1. The van der Waals surface area contributed by atoms with Gasteiger partial charge in [-0.2, -0.15) is 0 Å². The van der Waals surface area contributed by atoms with Crippen LogP contribution in [0.5, 0.6) is 0 Å². The van der Waals surface area contributed by atoms with Gasteiger partial charge in [-0.1, -0.05) is 18.2 Å². The molecule has 3 aromatic rings. The quantitative estimate of drug-likeness (QED) is 0.729. The van der Waals surface area contributed by atoms with Crippen LogP contribution in [0.3, 0.4) is 0 Å². The van der Waals surface area contributed by atoms with Crippen LogP contribution in [0.25, 0.3) is 10.1 Å². The van der Waals surface area contributed by atoms with Crippen molar-refractivity contribution < 1.29 is 14.0 Å². The van der Waals surface area contributed by atoms with Gasteiger partial charge in [-0.15, -0.1) is 11.3 Å². The number of nitrogens with one attached hydrogen (secondary N) is 1. The monoisotopic (exact) mass is 340 g/mol. The topological polar surface area (TPSA) is 49.4 Å². The Morgan fingerprint density at radius 3 is 2.79 bits per heavy atom. The van der Waals surface area contributed by atoms with Gasteiger partial charge in [-0.25, -0.2) is 4.39 Å². The summed E-state index contributed by atoms with van der Waals surface area (Å²) < 4.78 is 14.8. The minimum atomic E-state index is -0.336. The maximum Gasteiger partial charge on any atom is 0.269 e. The van der Waals surface area contributed by atoms with E-state index in [-0.39, 0.29) is 24.2 Å². The van der Waals surface area contributed by atoms with Crippen LogP contribution in [0, 0.1) is 12.7 Å². The fraction of sp³-hybridized carbons (Fsp3) is 0.111. The highest BCUT2D eigenvalue weighted by Crippen LogP contribution is 2.36. The predicted molar refractivity (Wildman–Crippen MR) is 93.3 cm³/mol. The number of hydrogen-bond acceptors (Lipinski definition) is 3. The van der Waals surface area contributed by atoms with E-state index in [9.17, 15) is 14.0 Å². The molecule has 0 unspecified atom stereocenters. The summed E-state index contributed by atoms with van der Waals surface area (Å²) in [5.74, 6) is -0.862. The number of carbonyl (C=O) groups is 2. The number of hydrogen-bond donors (Lipinski definition) is 1. The van der Waals surface area contributed by atoms with Crippen LogP contribution in [-0.2, 0) is 4.79 Å². The Kier molecular flexibility index (Phi) is 3.35. The van der Waals surface area contributed by atoms with E-state index in [2.05, 4.69) is 5.32 Å². The smallest absolute Gasteiger partial charge is 0.269 e. The second kappa shape index (κ2) is 5.42. The van der Waals surface area contributed by atoms with Crippen molar-refractivity contribution >= 4 is 44.6 Å². The van der Waals surface area contributed by atoms with E-state index in [1.165, 1.54) is 22.3 Å². The molecule has 1 aliphatic heterocycles. The van der Waals surface area contributed by atoms with Gasteiger partial charge in [0.15, 0.2) is 0 Å². The second-order valence-electron chi connectivity index (χ2n) is 5.63. The van der Waals surface area contributed by atoms with Crippen LogP contribution < -0.4 is 10.2 Å². The minimum absolute atomic E-state index is 0.0496. The first-order valence-corrected chi connectivity index (χ1v) is 8.26. The first-order valence-electron chi connectivity index (χ1n) is 7.44. The highest BCUT2D eigenvalue weighted by molar-refractivity contribution is 7.21. The zero-order valence-corrected chi connectivity index (χ0v) is 13.6. The highest BCUT2D eigenvalue weighted by atomic mass is 32.1. The summed E-state index contributed by atoms with van der Waals surface area (Å²) in [5, 5.41) is 3.23. The summed E-state index contributed by atoms with van der Waals surface area (Å²) in [7, 11) is 0. The zero-order chi connectivity index (χ0) is 16.8. The lowest BCUT2D eigenvalue weighted by atomic mass is 10.1. The van der Waals surface area contributed by atoms with Crippen molar-refractivity contribution in [2.75, 3.05) is 16.8 Å². The van der Waals surface area contributed by atoms with Crippen molar-refractivity contribution in [3.8, 4) is 0 Å². The van der Waals surface area contributed by atoms with Crippen molar-refractivity contribution in [1.29, 1.82) is 0 Å². The number of carbonyl (C=O) groups excluding carboxylic acids is 2. The Morgan fingerprint density at radius 2 is 2.00 bits per heavy atom. The Balaban J connectivity index is 1.84. The molecule has 1 aliphatic rings. The number of nitrogens with zero attached hydrogens (tertiary/aromatic N) is 1. The molecule has 1 aromatic heterocycles. The Bertz CT molecular complexity index is 996. The van der Waals surface area contributed by atoms with Gasteiger partial charge in [-0.05, 0) is 36.8 Å². The molecule has 0 fully saturated rings. The Labute approximate surface area is 141 Å². The number of para-hydroxylation sites is 2. The maximum absolute atomic E-state index is 14.1. The summed E-state index contributed by atoms with van der Waals surface area (Å²) >= 11 is 1.25. The van der Waals surface area contributed by atoms with Crippen LogP contribution in [0.15, 0.2) is 42.5 Å². The van der Waals surface area contributed by atoms with Crippen LogP contribution in [0.1, 0.15) is 15.2 Å². The predicted octanol–water partition coefficient (Wildman–Crippen LogP) is 3.95. The van der Waals surface area contributed by atoms with Gasteiger partial charge in [0.25, 0.3) is 5.91 Å². The molecule has 0 saturated heterocycles. The van der Waals surface area contributed by atoms with Crippen molar-refractivity contribution in [1.82, 2.24) is 0 Å². The molecule has 0 bridgehead atoms. The molecule has 0 atom stereocenters. The third-order valence-corrected chi connectivity index (χ3v) is 5.36. The van der Waals surface area contributed by atoms with E-state index in [0.29, 0.717) is 27.2 Å². The average Bonchev–Trinajstić information content (AvgIpc) is 2.91. The third kappa shape index (κ3) is 2.18. The molecule has 0 saturated carbocycles. The van der Waals surface area contributed by atoms with Gasteiger partial charge in [0.2, 0.25) is 5.91 Å². The number of anilines is 2. The Hall–Kier alpha value is -2.73. The maximum atomic E-state index is 14.1. The first-order chi connectivity index (χ1) is 11.6. The molecule has 2 aromatic carbocycles. The average molecular weight is 340 g/mol. The van der Waals surface area contributed by atoms with Gasteiger partial charge in [0.1, 0.15) is 12.4 Å². The molecule has 2 heterocycles. The second-order valence-corrected chi connectivity index (χ2v) is 6.68. The lowest BCUT2D eigenvalue weighted by Crippen LogP contribution is -2.42. The third-order valence-electron chi connectivity index (χ3n) is 4.11. The van der Waals surface area contributed by atoms with Crippen molar-refractivity contribution in [3.63, 3.8) is 0 Å². The van der Waals surface area contributed by atoms with E-state index >= 15 is 0 Å². The van der Waals surface area contributed by atoms with Crippen LogP contribution in [0.2, 0.25) is 0 Å². The fourth-order valence-electron chi connectivity index (χ4n) is 2.99. The van der Waals surface area contributed by atoms with E-state index in [0.717, 1.165) is 4.70 Å². The van der Waals surface area contributed by atoms with E-state index in [1.54, 1.807) is 37.3 Å². The molecular weight excluding hydrogens is 327 g/mol. The number of benzene rings is 2. The lowest BCUT2D eigenvalue weighted by molar-refractivity contribution is -0.115. The minimum Gasteiger partial charge on any atom is -0.323 e. The van der Waals surface area contributed by atoms with Gasteiger partial charge in [0.05, 0.1) is 16.3 Å². The molecule has 0 spiro atoms. The SMILES string of the molecule is Cc1c(C(=O)N2CC(=O)Nc3ccccc32)sc2cccc(F)c12. The normalized spacial score (nSPS) is 13.8. The molecule has 0 aliphatic carbocycles. The number of thiophene rings is 1. The van der Waals surface area contributed by atoms with Crippen LogP contribution >= 0.6 is 11.3 Å². The molecule has 2 amide bonds. The van der Waals surface area contributed by atoms with E-state index in [4.69, 9.17) is 0 Å². The molecule has 1 N–H and O–H groups in total. The van der Waals surface area contributed by atoms with Gasteiger partial charge >= 0.3 is 0 Å². The van der Waals surface area contributed by atoms with Gasteiger partial charge < -0.3 is 5.32 Å². The Morgan fingerprint density at radius 1 is 1.21 bits per heavy atom. The number of aryl methyl sites for hydroxylation is 1. The first kappa shape index (κ1) is 14.8. The van der Waals surface area contributed by atoms with Crippen molar-refractivity contribution in [3.05, 3.63) is 58.7 Å².